The van der Waals surface area contributed by atoms with E-state index in [4.69, 9.17) is 15.9 Å². The molecular weight excluding hydrogens is 412 g/mol. The second-order valence-electron chi connectivity index (χ2n) is 6.63. The fourth-order valence-corrected chi connectivity index (χ4v) is 2.94. The van der Waals surface area contributed by atoms with Crippen LogP contribution in [0, 0.1) is 12.3 Å². The highest BCUT2D eigenvalue weighted by molar-refractivity contribution is 6.40. The number of anilines is 1. The summed E-state index contributed by atoms with van der Waals surface area (Å²) in [6.07, 6.45) is 6.54. The number of benzene rings is 2. The zero-order valence-electron chi connectivity index (χ0n) is 17.2. The third kappa shape index (κ3) is 5.93. The van der Waals surface area contributed by atoms with Crippen molar-refractivity contribution in [3.63, 3.8) is 0 Å². The molecule has 164 valence electrons. The number of ether oxygens (including phenoxy) is 2. The number of carbonyl (C=O) groups is 3. The summed E-state index contributed by atoms with van der Waals surface area (Å²) in [6, 6.07) is 13.5. The molecule has 0 spiro atoms. The summed E-state index contributed by atoms with van der Waals surface area (Å²) >= 11 is 0. The number of nitrogens with one attached hydrogen (secondary N) is 2. The molecular formula is C23H22N4O5. The van der Waals surface area contributed by atoms with Gasteiger partial charge in [-0.15, -0.1) is 6.42 Å². The Morgan fingerprint density at radius 2 is 1.81 bits per heavy atom. The van der Waals surface area contributed by atoms with Gasteiger partial charge in [-0.05, 0) is 24.3 Å². The molecule has 0 atom stereocenters. The van der Waals surface area contributed by atoms with Crippen LogP contribution in [0.4, 0.5) is 5.69 Å². The number of morpholine rings is 1. The second-order valence-corrected chi connectivity index (χ2v) is 6.63. The maximum atomic E-state index is 12.8. The molecule has 1 saturated heterocycles. The highest BCUT2D eigenvalue weighted by atomic mass is 16.5. The Kier molecular flexibility index (Phi) is 7.95. The summed E-state index contributed by atoms with van der Waals surface area (Å²) in [4.78, 5) is 38.9. The van der Waals surface area contributed by atoms with Crippen LogP contribution in [0.2, 0.25) is 0 Å². The van der Waals surface area contributed by atoms with E-state index >= 15 is 0 Å². The lowest BCUT2D eigenvalue weighted by Crippen LogP contribution is -2.41. The van der Waals surface area contributed by atoms with Gasteiger partial charge in [-0.3, -0.25) is 14.4 Å². The van der Waals surface area contributed by atoms with Crippen LogP contribution in [0.5, 0.6) is 5.75 Å². The van der Waals surface area contributed by atoms with E-state index in [0.717, 1.165) is 0 Å². The average molecular weight is 434 g/mol. The van der Waals surface area contributed by atoms with E-state index in [1.165, 1.54) is 6.21 Å². The van der Waals surface area contributed by atoms with Gasteiger partial charge in [-0.1, -0.05) is 30.2 Å². The molecule has 9 heteroatoms. The van der Waals surface area contributed by atoms with Gasteiger partial charge in [-0.25, -0.2) is 5.43 Å². The molecule has 0 aliphatic carbocycles. The topological polar surface area (TPSA) is 109 Å². The molecule has 0 bridgehead atoms. The number of hydrogen-bond donors (Lipinski definition) is 2. The lowest BCUT2D eigenvalue weighted by molar-refractivity contribution is -0.136. The van der Waals surface area contributed by atoms with E-state index < -0.39 is 11.8 Å². The van der Waals surface area contributed by atoms with Gasteiger partial charge in [0, 0.05) is 18.7 Å². The molecule has 2 aromatic rings. The lowest BCUT2D eigenvalue weighted by Gasteiger charge is -2.27. The number of carbonyl (C=O) groups excluding carboxylic acids is 3. The third-order valence-corrected chi connectivity index (χ3v) is 4.51. The van der Waals surface area contributed by atoms with Gasteiger partial charge in [0.1, 0.15) is 12.4 Å². The van der Waals surface area contributed by atoms with Crippen LogP contribution in [-0.4, -0.2) is 61.7 Å². The van der Waals surface area contributed by atoms with Gasteiger partial charge in [0.15, 0.2) is 0 Å². The largest absolute Gasteiger partial charge is 0.480 e. The highest BCUT2D eigenvalue weighted by Gasteiger charge is 2.22. The van der Waals surface area contributed by atoms with Crippen LogP contribution in [0.3, 0.4) is 0 Å². The first-order valence-corrected chi connectivity index (χ1v) is 9.86. The number of hydrogen-bond acceptors (Lipinski definition) is 6. The Bertz CT molecular complexity index is 1050. The molecule has 0 radical (unpaired) electrons. The van der Waals surface area contributed by atoms with Gasteiger partial charge >= 0.3 is 11.8 Å². The minimum absolute atomic E-state index is 0.0855. The smallest absolute Gasteiger partial charge is 0.329 e. The average Bonchev–Trinajstić information content (AvgIpc) is 2.83. The minimum atomic E-state index is -0.989. The van der Waals surface area contributed by atoms with Crippen molar-refractivity contribution in [3.05, 3.63) is 59.7 Å². The summed E-state index contributed by atoms with van der Waals surface area (Å²) in [7, 11) is 0. The van der Waals surface area contributed by atoms with E-state index in [-0.39, 0.29) is 18.2 Å². The minimum Gasteiger partial charge on any atom is -0.480 e. The maximum absolute atomic E-state index is 12.8. The fraction of sp³-hybridized carbons (Fsp3) is 0.217. The summed E-state index contributed by atoms with van der Waals surface area (Å²) in [6.45, 7) is 1.92. The molecule has 2 aromatic carbocycles. The van der Waals surface area contributed by atoms with Gasteiger partial charge < -0.3 is 19.7 Å². The molecule has 32 heavy (non-hydrogen) atoms. The molecule has 0 saturated carbocycles. The number of nitrogens with zero attached hydrogens (tertiary/aromatic N) is 2. The van der Waals surface area contributed by atoms with Crippen molar-refractivity contribution < 1.29 is 23.9 Å². The third-order valence-electron chi connectivity index (χ3n) is 4.51. The quantitative estimate of drug-likeness (QED) is 0.308. The summed E-state index contributed by atoms with van der Waals surface area (Å²) in [5, 5.41) is 6.27. The van der Waals surface area contributed by atoms with E-state index in [1.54, 1.807) is 53.4 Å². The summed E-state index contributed by atoms with van der Waals surface area (Å²) < 4.78 is 10.7. The zero-order chi connectivity index (χ0) is 22.8. The predicted molar refractivity (Wildman–Crippen MR) is 118 cm³/mol. The van der Waals surface area contributed by atoms with Gasteiger partial charge in [0.05, 0.1) is 30.7 Å². The van der Waals surface area contributed by atoms with Crippen molar-refractivity contribution >= 4 is 29.6 Å². The number of hydrazone groups is 1. The van der Waals surface area contributed by atoms with Crippen LogP contribution in [0.1, 0.15) is 15.9 Å². The van der Waals surface area contributed by atoms with Gasteiger partial charge in [-0.2, -0.15) is 5.10 Å². The van der Waals surface area contributed by atoms with Crippen LogP contribution >= 0.6 is 0 Å². The summed E-state index contributed by atoms with van der Waals surface area (Å²) in [5.74, 6) is 0.665. The van der Waals surface area contributed by atoms with Crippen molar-refractivity contribution in [1.82, 2.24) is 10.3 Å². The maximum Gasteiger partial charge on any atom is 0.329 e. The second kappa shape index (κ2) is 11.3. The molecule has 9 nitrogen and oxygen atoms in total. The molecule has 1 aliphatic rings. The highest BCUT2D eigenvalue weighted by Crippen LogP contribution is 2.18. The van der Waals surface area contributed by atoms with Gasteiger partial charge in [0.2, 0.25) is 0 Å². The molecule has 0 unspecified atom stereocenters. The first-order chi connectivity index (χ1) is 15.6. The number of amides is 3. The Morgan fingerprint density at radius 3 is 2.59 bits per heavy atom. The first-order valence-electron chi connectivity index (χ1n) is 9.86. The Labute approximate surface area is 185 Å². The van der Waals surface area contributed by atoms with Crippen molar-refractivity contribution in [2.45, 2.75) is 0 Å². The molecule has 2 N–H and O–H groups in total. The standard InChI is InChI=1S/C23H22N4O5/c1-2-13-32-20-10-6-3-7-17(20)16-24-26-22(29)21(28)25-19-9-5-4-8-18(19)23(30)27-11-14-31-15-12-27/h1,3-10,16H,11-15H2,(H,25,28)(H,26,29). The van der Waals surface area contributed by atoms with Gasteiger partial charge in [0.25, 0.3) is 5.91 Å². The normalized spacial score (nSPS) is 13.3. The van der Waals surface area contributed by atoms with Crippen molar-refractivity contribution in [2.75, 3.05) is 38.2 Å². The molecule has 3 rings (SSSR count). The van der Waals surface area contributed by atoms with E-state index in [0.29, 0.717) is 43.2 Å². The fourth-order valence-electron chi connectivity index (χ4n) is 2.94. The lowest BCUT2D eigenvalue weighted by atomic mass is 10.1. The first kappa shape index (κ1) is 22.5. The van der Waals surface area contributed by atoms with E-state index in [2.05, 4.69) is 21.8 Å². The summed E-state index contributed by atoms with van der Waals surface area (Å²) in [5.41, 5.74) is 3.26. The van der Waals surface area contributed by atoms with Crippen LogP contribution in [0.25, 0.3) is 0 Å². The Balaban J connectivity index is 1.62. The van der Waals surface area contributed by atoms with Crippen LogP contribution < -0.4 is 15.5 Å². The molecule has 1 heterocycles. The molecule has 1 fully saturated rings. The van der Waals surface area contributed by atoms with Crippen LogP contribution in [-0.2, 0) is 14.3 Å². The zero-order valence-corrected chi connectivity index (χ0v) is 17.2. The number of terminal acetylenes is 1. The molecule has 0 aromatic heterocycles. The molecule has 1 aliphatic heterocycles. The number of para-hydroxylation sites is 2. The Hall–Kier alpha value is -4.16. The molecule has 3 amide bonds. The monoisotopic (exact) mass is 434 g/mol. The van der Waals surface area contributed by atoms with E-state index in [1.807, 2.05) is 0 Å². The predicted octanol–water partition coefficient (Wildman–Crippen LogP) is 1.26. The Morgan fingerprint density at radius 1 is 1.09 bits per heavy atom. The van der Waals surface area contributed by atoms with Crippen molar-refractivity contribution in [1.29, 1.82) is 0 Å². The SMILES string of the molecule is C#CCOc1ccccc1C=NNC(=O)C(=O)Nc1ccccc1C(=O)N1CCOCC1. The van der Waals surface area contributed by atoms with Crippen molar-refractivity contribution in [2.24, 2.45) is 5.10 Å². The number of rotatable bonds is 6. The van der Waals surface area contributed by atoms with E-state index in [9.17, 15) is 14.4 Å². The van der Waals surface area contributed by atoms with Crippen LogP contribution in [0.15, 0.2) is 53.6 Å². The van der Waals surface area contributed by atoms with Crippen molar-refractivity contribution in [3.8, 4) is 18.1 Å².